The highest BCUT2D eigenvalue weighted by Crippen LogP contribution is 2.31. The molecule has 2 aromatic rings. The van der Waals surface area contributed by atoms with Crippen LogP contribution in [0.1, 0.15) is 5.56 Å². The highest BCUT2D eigenvalue weighted by molar-refractivity contribution is 9.11. The molecule has 2 rings (SSSR count). The van der Waals surface area contributed by atoms with E-state index in [4.69, 9.17) is 4.74 Å². The zero-order valence-corrected chi connectivity index (χ0v) is 12.0. The predicted molar refractivity (Wildman–Crippen MR) is 70.8 cm³/mol. The van der Waals surface area contributed by atoms with Crippen molar-refractivity contribution in [2.75, 3.05) is 0 Å². The lowest BCUT2D eigenvalue weighted by atomic mass is 10.2. The number of aryl methyl sites for hydroxylation is 1. The van der Waals surface area contributed by atoms with Crippen LogP contribution in [0.4, 0.5) is 4.39 Å². The van der Waals surface area contributed by atoms with E-state index in [9.17, 15) is 4.39 Å². The van der Waals surface area contributed by atoms with Gasteiger partial charge in [0.05, 0.1) is 4.47 Å². The molecule has 1 aromatic heterocycles. The van der Waals surface area contributed by atoms with Crippen molar-refractivity contribution in [2.24, 2.45) is 0 Å². The fraction of sp³-hybridized carbons (Fsp3) is 0.0833. The molecule has 1 heterocycles. The molecular weight excluding hydrogens is 353 g/mol. The van der Waals surface area contributed by atoms with Gasteiger partial charge in [-0.05, 0) is 62.5 Å². The quantitative estimate of drug-likeness (QED) is 0.763. The first kappa shape index (κ1) is 12.5. The van der Waals surface area contributed by atoms with Crippen LogP contribution in [0.2, 0.25) is 0 Å². The first-order valence-corrected chi connectivity index (χ1v) is 6.40. The average Bonchev–Trinajstić information content (AvgIpc) is 2.27. The van der Waals surface area contributed by atoms with E-state index in [1.54, 1.807) is 24.4 Å². The van der Waals surface area contributed by atoms with Gasteiger partial charge >= 0.3 is 0 Å². The fourth-order valence-electron chi connectivity index (χ4n) is 1.27. The van der Waals surface area contributed by atoms with Gasteiger partial charge in [-0.2, -0.15) is 0 Å². The number of hydrogen-bond acceptors (Lipinski definition) is 2. The van der Waals surface area contributed by atoms with Crippen molar-refractivity contribution >= 4 is 31.9 Å². The third-order valence-electron chi connectivity index (χ3n) is 2.07. The van der Waals surface area contributed by atoms with E-state index in [0.717, 1.165) is 10.0 Å². The topological polar surface area (TPSA) is 22.1 Å². The molecule has 0 aliphatic carbocycles. The molecule has 0 bridgehead atoms. The fourth-order valence-corrected chi connectivity index (χ4v) is 2.34. The predicted octanol–water partition coefficient (Wildman–Crippen LogP) is 4.85. The van der Waals surface area contributed by atoms with Crippen LogP contribution in [-0.4, -0.2) is 4.98 Å². The standard InChI is InChI=1S/C12H8Br2FNO/c1-7-2-3-10(15)11(4-7)17-12-9(14)5-8(13)6-16-12/h2-6H,1H3. The van der Waals surface area contributed by atoms with Crippen molar-refractivity contribution in [3.63, 3.8) is 0 Å². The van der Waals surface area contributed by atoms with Gasteiger partial charge < -0.3 is 4.74 Å². The molecule has 0 aliphatic rings. The molecular formula is C12H8Br2FNO. The molecule has 0 aliphatic heterocycles. The Bertz CT molecular complexity index is 560. The van der Waals surface area contributed by atoms with Gasteiger partial charge in [-0.25, -0.2) is 9.37 Å². The maximum atomic E-state index is 13.5. The first-order valence-electron chi connectivity index (χ1n) is 4.81. The first-order chi connectivity index (χ1) is 8.06. The van der Waals surface area contributed by atoms with Crippen molar-refractivity contribution in [3.8, 4) is 11.6 Å². The minimum absolute atomic E-state index is 0.167. The second-order valence-corrected chi connectivity index (χ2v) is 5.25. The van der Waals surface area contributed by atoms with Crippen LogP contribution in [0.25, 0.3) is 0 Å². The molecule has 0 saturated heterocycles. The Hall–Kier alpha value is -0.940. The van der Waals surface area contributed by atoms with Crippen LogP contribution >= 0.6 is 31.9 Å². The summed E-state index contributed by atoms with van der Waals surface area (Å²) in [6.07, 6.45) is 1.59. The van der Waals surface area contributed by atoms with Crippen LogP contribution in [0.5, 0.6) is 11.6 Å². The molecule has 17 heavy (non-hydrogen) atoms. The highest BCUT2D eigenvalue weighted by atomic mass is 79.9. The maximum absolute atomic E-state index is 13.5. The lowest BCUT2D eigenvalue weighted by molar-refractivity contribution is 0.424. The van der Waals surface area contributed by atoms with Crippen LogP contribution in [0, 0.1) is 12.7 Å². The van der Waals surface area contributed by atoms with Gasteiger partial charge in [0.2, 0.25) is 5.88 Å². The van der Waals surface area contributed by atoms with E-state index in [0.29, 0.717) is 10.4 Å². The Morgan fingerprint density at radius 3 is 2.71 bits per heavy atom. The van der Waals surface area contributed by atoms with Crippen molar-refractivity contribution in [3.05, 3.63) is 50.8 Å². The smallest absolute Gasteiger partial charge is 0.233 e. The summed E-state index contributed by atoms with van der Waals surface area (Å²) in [6.45, 7) is 1.87. The molecule has 0 radical (unpaired) electrons. The number of halogens is 3. The third-order valence-corrected chi connectivity index (χ3v) is 3.07. The Balaban J connectivity index is 2.34. The summed E-state index contributed by atoms with van der Waals surface area (Å²) in [5.41, 5.74) is 0.926. The summed E-state index contributed by atoms with van der Waals surface area (Å²) in [6, 6.07) is 6.48. The van der Waals surface area contributed by atoms with E-state index in [1.807, 2.05) is 6.92 Å². The van der Waals surface area contributed by atoms with Gasteiger partial charge in [0.25, 0.3) is 0 Å². The minimum atomic E-state index is -0.410. The summed E-state index contributed by atoms with van der Waals surface area (Å²) < 4.78 is 20.4. The monoisotopic (exact) mass is 359 g/mol. The van der Waals surface area contributed by atoms with Crippen LogP contribution < -0.4 is 4.74 Å². The van der Waals surface area contributed by atoms with E-state index in [-0.39, 0.29) is 5.75 Å². The molecule has 0 saturated carbocycles. The number of ether oxygens (including phenoxy) is 1. The van der Waals surface area contributed by atoms with Gasteiger partial charge in [0.15, 0.2) is 11.6 Å². The Labute approximate surface area is 115 Å². The highest BCUT2D eigenvalue weighted by Gasteiger charge is 2.09. The number of rotatable bonds is 2. The Kier molecular flexibility index (Phi) is 3.79. The van der Waals surface area contributed by atoms with Gasteiger partial charge in [0, 0.05) is 10.7 Å². The second kappa shape index (κ2) is 5.14. The summed E-state index contributed by atoms with van der Waals surface area (Å²) in [7, 11) is 0. The number of hydrogen-bond donors (Lipinski definition) is 0. The van der Waals surface area contributed by atoms with E-state index < -0.39 is 5.82 Å². The zero-order chi connectivity index (χ0) is 12.4. The van der Waals surface area contributed by atoms with Crippen LogP contribution in [0.15, 0.2) is 39.4 Å². The average molecular weight is 361 g/mol. The van der Waals surface area contributed by atoms with Crippen molar-refractivity contribution < 1.29 is 9.13 Å². The minimum Gasteiger partial charge on any atom is -0.435 e. The molecule has 0 spiro atoms. The molecule has 0 atom stereocenters. The lowest BCUT2D eigenvalue weighted by Gasteiger charge is -2.08. The van der Waals surface area contributed by atoms with Crippen molar-refractivity contribution in [2.45, 2.75) is 6.92 Å². The van der Waals surface area contributed by atoms with E-state index in [2.05, 4.69) is 36.8 Å². The molecule has 5 heteroatoms. The molecule has 1 aromatic carbocycles. The number of pyridine rings is 1. The number of aromatic nitrogens is 1. The van der Waals surface area contributed by atoms with Gasteiger partial charge in [0.1, 0.15) is 0 Å². The van der Waals surface area contributed by atoms with Gasteiger partial charge in [-0.1, -0.05) is 6.07 Å². The third kappa shape index (κ3) is 3.04. The molecule has 0 fully saturated rings. The van der Waals surface area contributed by atoms with Gasteiger partial charge in [-0.3, -0.25) is 0 Å². The molecule has 0 amide bonds. The molecule has 88 valence electrons. The maximum Gasteiger partial charge on any atom is 0.233 e. The van der Waals surface area contributed by atoms with Crippen molar-refractivity contribution in [1.29, 1.82) is 0 Å². The van der Waals surface area contributed by atoms with E-state index in [1.165, 1.54) is 6.07 Å². The molecule has 0 N–H and O–H groups in total. The molecule has 2 nitrogen and oxygen atoms in total. The number of nitrogens with zero attached hydrogens (tertiary/aromatic N) is 1. The Morgan fingerprint density at radius 2 is 2.00 bits per heavy atom. The van der Waals surface area contributed by atoms with Crippen LogP contribution in [0.3, 0.4) is 0 Å². The largest absolute Gasteiger partial charge is 0.435 e. The van der Waals surface area contributed by atoms with Crippen molar-refractivity contribution in [1.82, 2.24) is 4.98 Å². The summed E-state index contributed by atoms with van der Waals surface area (Å²) in [5, 5.41) is 0. The zero-order valence-electron chi connectivity index (χ0n) is 8.88. The molecule has 0 unspecified atom stereocenters. The normalized spacial score (nSPS) is 10.4. The Morgan fingerprint density at radius 1 is 1.24 bits per heavy atom. The summed E-state index contributed by atoms with van der Waals surface area (Å²) in [5.74, 6) is 0.0884. The summed E-state index contributed by atoms with van der Waals surface area (Å²) in [4.78, 5) is 4.06. The van der Waals surface area contributed by atoms with Crippen LogP contribution in [-0.2, 0) is 0 Å². The van der Waals surface area contributed by atoms with Gasteiger partial charge in [-0.15, -0.1) is 0 Å². The second-order valence-electron chi connectivity index (χ2n) is 3.48. The van der Waals surface area contributed by atoms with E-state index >= 15 is 0 Å². The lowest BCUT2D eigenvalue weighted by Crippen LogP contribution is -1.92. The SMILES string of the molecule is Cc1ccc(F)c(Oc2ncc(Br)cc2Br)c1. The number of benzene rings is 1. The summed E-state index contributed by atoms with van der Waals surface area (Å²) >= 11 is 6.59.